The summed E-state index contributed by atoms with van der Waals surface area (Å²) in [6.45, 7) is 0.0416. The highest BCUT2D eigenvalue weighted by Crippen LogP contribution is 2.08. The topological polar surface area (TPSA) is 79.4 Å². The number of amides is 4. The van der Waals surface area contributed by atoms with Crippen LogP contribution in [0.1, 0.15) is 5.69 Å². The first-order chi connectivity index (χ1) is 6.68. The lowest BCUT2D eigenvalue weighted by Gasteiger charge is -2.07. The SMILES string of the molecule is O=C1NC(=O)N(Cc2cscn2)C1=O. The van der Waals surface area contributed by atoms with Gasteiger partial charge in [0.25, 0.3) is 0 Å². The number of urea groups is 1. The number of carbonyl (C=O) groups excluding carboxylic acids is 3. The molecule has 6 nitrogen and oxygen atoms in total. The Hall–Kier alpha value is -1.76. The fourth-order valence-electron chi connectivity index (χ4n) is 1.05. The van der Waals surface area contributed by atoms with E-state index in [1.54, 1.807) is 10.9 Å². The first-order valence-electron chi connectivity index (χ1n) is 3.72. The van der Waals surface area contributed by atoms with Crippen molar-refractivity contribution in [2.45, 2.75) is 6.54 Å². The van der Waals surface area contributed by atoms with E-state index in [0.717, 1.165) is 4.90 Å². The highest BCUT2D eigenvalue weighted by atomic mass is 32.1. The zero-order chi connectivity index (χ0) is 10.1. The molecule has 0 atom stereocenters. The van der Waals surface area contributed by atoms with E-state index in [2.05, 4.69) is 4.98 Å². The van der Waals surface area contributed by atoms with E-state index >= 15 is 0 Å². The molecular formula is C7H5N3O3S. The van der Waals surface area contributed by atoms with Crippen molar-refractivity contribution in [3.05, 3.63) is 16.6 Å². The molecule has 1 saturated heterocycles. The molecule has 0 unspecified atom stereocenters. The Labute approximate surface area is 82.5 Å². The molecule has 2 heterocycles. The number of imide groups is 2. The van der Waals surface area contributed by atoms with E-state index in [0.29, 0.717) is 5.69 Å². The highest BCUT2D eigenvalue weighted by molar-refractivity contribution is 7.07. The van der Waals surface area contributed by atoms with Crippen molar-refractivity contribution in [1.82, 2.24) is 15.2 Å². The fourth-order valence-corrected chi connectivity index (χ4v) is 1.60. The van der Waals surface area contributed by atoms with Crippen LogP contribution >= 0.6 is 11.3 Å². The van der Waals surface area contributed by atoms with Crippen molar-refractivity contribution in [3.63, 3.8) is 0 Å². The smallest absolute Gasteiger partial charge is 0.269 e. The number of nitrogens with one attached hydrogen (secondary N) is 1. The Morgan fingerprint density at radius 1 is 1.43 bits per heavy atom. The molecule has 1 N–H and O–H groups in total. The van der Waals surface area contributed by atoms with Crippen LogP contribution in [0, 0.1) is 0 Å². The molecule has 14 heavy (non-hydrogen) atoms. The van der Waals surface area contributed by atoms with Gasteiger partial charge in [0.1, 0.15) is 0 Å². The van der Waals surface area contributed by atoms with Crippen LogP contribution in [0.5, 0.6) is 0 Å². The van der Waals surface area contributed by atoms with Crippen molar-refractivity contribution in [1.29, 1.82) is 0 Å². The van der Waals surface area contributed by atoms with Crippen LogP contribution in [0.2, 0.25) is 0 Å². The van der Waals surface area contributed by atoms with Crippen LogP contribution in [0.15, 0.2) is 10.9 Å². The second-order valence-electron chi connectivity index (χ2n) is 2.63. The summed E-state index contributed by atoms with van der Waals surface area (Å²) in [6, 6.07) is -0.687. The van der Waals surface area contributed by atoms with Crippen molar-refractivity contribution >= 4 is 29.2 Å². The molecular weight excluding hydrogens is 206 g/mol. The Balaban J connectivity index is 2.16. The first-order valence-corrected chi connectivity index (χ1v) is 4.66. The molecule has 72 valence electrons. The van der Waals surface area contributed by atoms with Gasteiger partial charge in [0.05, 0.1) is 17.7 Å². The normalized spacial score (nSPS) is 16.3. The zero-order valence-corrected chi connectivity index (χ0v) is 7.71. The minimum atomic E-state index is -0.884. The molecule has 7 heteroatoms. The fraction of sp³-hybridized carbons (Fsp3) is 0.143. The number of rotatable bonds is 2. The number of aromatic nitrogens is 1. The highest BCUT2D eigenvalue weighted by Gasteiger charge is 2.36. The molecule has 0 aromatic carbocycles. The van der Waals surface area contributed by atoms with E-state index in [-0.39, 0.29) is 6.54 Å². The molecule has 4 amide bonds. The van der Waals surface area contributed by atoms with Crippen molar-refractivity contribution in [3.8, 4) is 0 Å². The van der Waals surface area contributed by atoms with Crippen LogP contribution in [0.4, 0.5) is 4.79 Å². The zero-order valence-electron chi connectivity index (χ0n) is 6.89. The van der Waals surface area contributed by atoms with Crippen LogP contribution in [0.3, 0.4) is 0 Å². The maximum Gasteiger partial charge on any atom is 0.331 e. The second kappa shape index (κ2) is 3.18. The van der Waals surface area contributed by atoms with Crippen LogP contribution in [-0.2, 0) is 16.1 Å². The van der Waals surface area contributed by atoms with E-state index in [1.807, 2.05) is 5.32 Å². The summed E-state index contributed by atoms with van der Waals surface area (Å²) in [5, 5.41) is 3.61. The average molecular weight is 211 g/mol. The molecule has 0 aliphatic carbocycles. The largest absolute Gasteiger partial charge is 0.331 e. The third-order valence-electron chi connectivity index (χ3n) is 1.71. The number of hydrogen-bond acceptors (Lipinski definition) is 5. The maximum absolute atomic E-state index is 11.1. The Morgan fingerprint density at radius 2 is 2.21 bits per heavy atom. The quantitative estimate of drug-likeness (QED) is 0.539. The number of hydrogen-bond donors (Lipinski definition) is 1. The summed E-state index contributed by atoms with van der Waals surface area (Å²) in [5.41, 5.74) is 2.18. The Bertz CT molecular complexity index is 400. The van der Waals surface area contributed by atoms with Gasteiger partial charge in [-0.25, -0.2) is 14.7 Å². The number of carbonyl (C=O) groups is 3. The van der Waals surface area contributed by atoms with Gasteiger partial charge in [-0.3, -0.25) is 14.9 Å². The third kappa shape index (κ3) is 1.37. The van der Waals surface area contributed by atoms with Crippen molar-refractivity contribution in [2.24, 2.45) is 0 Å². The van der Waals surface area contributed by atoms with Gasteiger partial charge >= 0.3 is 17.8 Å². The molecule has 0 radical (unpaired) electrons. The standard InChI is InChI=1S/C7H5N3O3S/c11-5-6(12)10(7(13)9-5)1-4-2-14-3-8-4/h2-3H,1H2,(H,9,11,13). The molecule has 1 aliphatic rings. The molecule has 1 aromatic rings. The minimum Gasteiger partial charge on any atom is -0.269 e. The van der Waals surface area contributed by atoms with Gasteiger partial charge in [-0.2, -0.15) is 0 Å². The lowest BCUT2D eigenvalue weighted by Crippen LogP contribution is -2.30. The Kier molecular flexibility index (Phi) is 2.01. The summed E-state index contributed by atoms with van der Waals surface area (Å²) in [4.78, 5) is 37.7. The van der Waals surface area contributed by atoms with Gasteiger partial charge in [-0.05, 0) is 0 Å². The first kappa shape index (κ1) is 8.82. The third-order valence-corrected chi connectivity index (χ3v) is 2.34. The number of thiazole rings is 1. The van der Waals surface area contributed by atoms with Gasteiger partial charge in [0.2, 0.25) is 0 Å². The van der Waals surface area contributed by atoms with Gasteiger partial charge < -0.3 is 0 Å². The van der Waals surface area contributed by atoms with Crippen LogP contribution < -0.4 is 5.32 Å². The van der Waals surface area contributed by atoms with Crippen LogP contribution in [-0.4, -0.2) is 27.7 Å². The molecule has 1 aliphatic heterocycles. The van der Waals surface area contributed by atoms with Crippen molar-refractivity contribution < 1.29 is 14.4 Å². The van der Waals surface area contributed by atoms with Crippen molar-refractivity contribution in [2.75, 3.05) is 0 Å². The monoisotopic (exact) mass is 211 g/mol. The predicted octanol–water partition coefficient (Wildman–Crippen LogP) is -0.279. The molecule has 0 bridgehead atoms. The molecule has 2 rings (SSSR count). The van der Waals surface area contributed by atoms with Gasteiger partial charge in [-0.15, -0.1) is 11.3 Å². The molecule has 1 fully saturated rings. The predicted molar refractivity (Wildman–Crippen MR) is 46.2 cm³/mol. The second-order valence-corrected chi connectivity index (χ2v) is 3.35. The summed E-state index contributed by atoms with van der Waals surface area (Å²) in [7, 11) is 0. The Morgan fingerprint density at radius 3 is 2.71 bits per heavy atom. The van der Waals surface area contributed by atoms with Gasteiger partial charge in [0, 0.05) is 5.38 Å². The summed E-state index contributed by atoms with van der Waals surface area (Å²) in [6.07, 6.45) is 0. The molecule has 0 saturated carbocycles. The molecule has 0 spiro atoms. The molecule has 1 aromatic heterocycles. The lowest BCUT2D eigenvalue weighted by atomic mass is 10.4. The van der Waals surface area contributed by atoms with E-state index in [9.17, 15) is 14.4 Å². The van der Waals surface area contributed by atoms with E-state index in [1.165, 1.54) is 11.3 Å². The summed E-state index contributed by atoms with van der Waals surface area (Å²) >= 11 is 1.36. The maximum atomic E-state index is 11.1. The van der Waals surface area contributed by atoms with Gasteiger partial charge in [-0.1, -0.05) is 0 Å². The van der Waals surface area contributed by atoms with Crippen LogP contribution in [0.25, 0.3) is 0 Å². The summed E-state index contributed by atoms with van der Waals surface area (Å²) < 4.78 is 0. The van der Waals surface area contributed by atoms with Gasteiger partial charge in [0.15, 0.2) is 0 Å². The van der Waals surface area contributed by atoms with E-state index < -0.39 is 17.8 Å². The summed E-state index contributed by atoms with van der Waals surface area (Å²) in [5.74, 6) is -1.71. The van der Waals surface area contributed by atoms with E-state index in [4.69, 9.17) is 0 Å². The minimum absolute atomic E-state index is 0.0416. The lowest BCUT2D eigenvalue weighted by molar-refractivity contribution is -0.140. The number of nitrogens with zero attached hydrogens (tertiary/aromatic N) is 2. The average Bonchev–Trinajstić information content (AvgIpc) is 2.71.